The number of benzene rings is 1. The Bertz CT molecular complexity index is 336. The molecule has 0 fully saturated rings. The summed E-state index contributed by atoms with van der Waals surface area (Å²) in [6.45, 7) is 0. The third-order valence-electron chi connectivity index (χ3n) is 1.30. The Morgan fingerprint density at radius 1 is 1.33 bits per heavy atom. The fraction of sp³-hybridized carbons (Fsp3) is 0. The highest BCUT2D eigenvalue weighted by molar-refractivity contribution is 6.38. The highest BCUT2D eigenvalue weighted by Gasteiger charge is 2.13. The molecule has 0 amide bonds. The van der Waals surface area contributed by atoms with Crippen molar-refractivity contribution < 1.29 is 15.0 Å². The molecule has 0 unspecified atom stereocenters. The second-order valence-corrected chi connectivity index (χ2v) is 2.85. The molecule has 0 atom stereocenters. The monoisotopic (exact) mass is 206 g/mol. The molecule has 64 valence electrons. The molecule has 12 heavy (non-hydrogen) atoms. The van der Waals surface area contributed by atoms with Gasteiger partial charge in [0.15, 0.2) is 5.75 Å². The summed E-state index contributed by atoms with van der Waals surface area (Å²) in [7, 11) is 0. The Morgan fingerprint density at radius 2 is 1.92 bits per heavy atom. The first-order valence-electron chi connectivity index (χ1n) is 2.94. The van der Waals surface area contributed by atoms with Gasteiger partial charge < -0.3 is 10.2 Å². The minimum atomic E-state index is -1.20. The molecular formula is C7H4Cl2O3. The van der Waals surface area contributed by atoms with Gasteiger partial charge in [-0.15, -0.1) is 0 Å². The van der Waals surface area contributed by atoms with E-state index < -0.39 is 11.7 Å². The van der Waals surface area contributed by atoms with Crippen molar-refractivity contribution in [2.75, 3.05) is 0 Å². The van der Waals surface area contributed by atoms with Crippen LogP contribution in [0.5, 0.6) is 5.75 Å². The van der Waals surface area contributed by atoms with Crippen molar-refractivity contribution in [2.45, 2.75) is 0 Å². The molecule has 0 heterocycles. The van der Waals surface area contributed by atoms with Crippen molar-refractivity contribution in [3.05, 3.63) is 27.7 Å². The maximum Gasteiger partial charge on any atom is 0.337 e. The van der Waals surface area contributed by atoms with E-state index in [1.165, 1.54) is 12.1 Å². The Hall–Kier alpha value is -0.930. The normalized spacial score (nSPS) is 9.83. The number of phenolic OH excluding ortho intramolecular Hbond substituents is 1. The SMILES string of the molecule is O=C(O)c1ccc(Cl)c(O)c1Cl. The number of aromatic carboxylic acids is 1. The van der Waals surface area contributed by atoms with Gasteiger partial charge in [0.1, 0.15) is 0 Å². The number of carbonyl (C=O) groups is 1. The first-order chi connectivity index (χ1) is 5.54. The lowest BCUT2D eigenvalue weighted by Crippen LogP contribution is -1.96. The van der Waals surface area contributed by atoms with Gasteiger partial charge in [0.2, 0.25) is 0 Å². The number of halogens is 2. The lowest BCUT2D eigenvalue weighted by atomic mass is 10.2. The summed E-state index contributed by atoms with van der Waals surface area (Å²) in [6, 6.07) is 2.50. The number of rotatable bonds is 1. The molecule has 3 nitrogen and oxygen atoms in total. The minimum Gasteiger partial charge on any atom is -0.505 e. The van der Waals surface area contributed by atoms with Gasteiger partial charge in [-0.1, -0.05) is 23.2 Å². The van der Waals surface area contributed by atoms with E-state index in [1.54, 1.807) is 0 Å². The molecule has 0 aliphatic rings. The van der Waals surface area contributed by atoms with Crippen LogP contribution in [-0.2, 0) is 0 Å². The molecule has 0 aliphatic heterocycles. The molecule has 5 heteroatoms. The Labute approximate surface area is 78.2 Å². The van der Waals surface area contributed by atoms with Crippen molar-refractivity contribution in [1.82, 2.24) is 0 Å². The molecule has 1 rings (SSSR count). The zero-order chi connectivity index (χ0) is 9.30. The first kappa shape index (κ1) is 9.16. The second-order valence-electron chi connectivity index (χ2n) is 2.06. The zero-order valence-corrected chi connectivity index (χ0v) is 7.23. The van der Waals surface area contributed by atoms with Gasteiger partial charge in [-0.25, -0.2) is 4.79 Å². The maximum absolute atomic E-state index is 10.4. The predicted molar refractivity (Wildman–Crippen MR) is 45.1 cm³/mol. The number of carboxylic acids is 1. The lowest BCUT2D eigenvalue weighted by molar-refractivity contribution is 0.0696. The molecule has 0 saturated carbocycles. The third-order valence-corrected chi connectivity index (χ3v) is 1.98. The van der Waals surface area contributed by atoms with Gasteiger partial charge >= 0.3 is 5.97 Å². The summed E-state index contributed by atoms with van der Waals surface area (Å²) in [5.41, 5.74) is -0.168. The molecule has 0 aromatic heterocycles. The molecule has 2 N–H and O–H groups in total. The van der Waals surface area contributed by atoms with E-state index in [0.29, 0.717) is 0 Å². The number of phenols is 1. The van der Waals surface area contributed by atoms with Gasteiger partial charge in [-0.3, -0.25) is 0 Å². The number of aromatic hydroxyl groups is 1. The van der Waals surface area contributed by atoms with Crippen molar-refractivity contribution in [2.24, 2.45) is 0 Å². The van der Waals surface area contributed by atoms with Gasteiger partial charge in [-0.05, 0) is 12.1 Å². The van der Waals surface area contributed by atoms with E-state index in [4.69, 9.17) is 33.4 Å². The number of hydrogen-bond acceptors (Lipinski definition) is 2. The van der Waals surface area contributed by atoms with Crippen molar-refractivity contribution >= 4 is 29.2 Å². The number of carboxylic acid groups (broad SMARTS) is 1. The third kappa shape index (κ3) is 1.47. The molecule has 1 aromatic carbocycles. The maximum atomic E-state index is 10.4. The van der Waals surface area contributed by atoms with Crippen LogP contribution in [-0.4, -0.2) is 16.2 Å². The van der Waals surface area contributed by atoms with Crippen molar-refractivity contribution in [3.8, 4) is 5.75 Å². The Balaban J connectivity index is 3.36. The van der Waals surface area contributed by atoms with Crippen molar-refractivity contribution in [1.29, 1.82) is 0 Å². The van der Waals surface area contributed by atoms with Crippen LogP contribution in [0.15, 0.2) is 12.1 Å². The van der Waals surface area contributed by atoms with Gasteiger partial charge in [0.25, 0.3) is 0 Å². The van der Waals surface area contributed by atoms with E-state index in [1.807, 2.05) is 0 Å². The van der Waals surface area contributed by atoms with Gasteiger partial charge in [0.05, 0.1) is 15.6 Å². The summed E-state index contributed by atoms with van der Waals surface area (Å²) in [4.78, 5) is 10.4. The summed E-state index contributed by atoms with van der Waals surface area (Å²) in [5.74, 6) is -1.61. The standard InChI is InChI=1S/C7H4Cl2O3/c8-4-2-1-3(7(11)12)5(9)6(4)10/h1-2,10H,(H,11,12). The molecular weight excluding hydrogens is 203 g/mol. The van der Waals surface area contributed by atoms with Crippen LogP contribution < -0.4 is 0 Å². The largest absolute Gasteiger partial charge is 0.505 e. The van der Waals surface area contributed by atoms with E-state index in [2.05, 4.69) is 0 Å². The minimum absolute atomic E-state index is 0.0324. The molecule has 0 radical (unpaired) electrons. The van der Waals surface area contributed by atoms with Crippen LogP contribution in [0.3, 0.4) is 0 Å². The molecule has 0 saturated heterocycles. The van der Waals surface area contributed by atoms with Crippen LogP contribution in [0, 0.1) is 0 Å². The fourth-order valence-corrected chi connectivity index (χ4v) is 1.16. The highest BCUT2D eigenvalue weighted by Crippen LogP contribution is 2.33. The van der Waals surface area contributed by atoms with E-state index in [9.17, 15) is 4.79 Å². The molecule has 0 bridgehead atoms. The van der Waals surface area contributed by atoms with Crippen LogP contribution in [0.1, 0.15) is 10.4 Å². The van der Waals surface area contributed by atoms with Crippen LogP contribution in [0.25, 0.3) is 0 Å². The van der Waals surface area contributed by atoms with Gasteiger partial charge in [-0.2, -0.15) is 0 Å². The Morgan fingerprint density at radius 3 is 2.42 bits per heavy atom. The summed E-state index contributed by atoms with van der Waals surface area (Å²) in [5, 5.41) is 17.4. The summed E-state index contributed by atoms with van der Waals surface area (Å²) in [6.07, 6.45) is 0. The van der Waals surface area contributed by atoms with Crippen molar-refractivity contribution in [3.63, 3.8) is 0 Å². The topological polar surface area (TPSA) is 57.5 Å². The predicted octanol–water partition coefficient (Wildman–Crippen LogP) is 2.40. The van der Waals surface area contributed by atoms with Crippen LogP contribution >= 0.6 is 23.2 Å². The molecule has 1 aromatic rings. The second kappa shape index (κ2) is 3.21. The van der Waals surface area contributed by atoms with E-state index >= 15 is 0 Å². The average molecular weight is 207 g/mol. The molecule has 0 spiro atoms. The number of hydrogen-bond donors (Lipinski definition) is 2. The zero-order valence-electron chi connectivity index (χ0n) is 5.71. The Kier molecular flexibility index (Phi) is 2.45. The quantitative estimate of drug-likeness (QED) is 0.743. The van der Waals surface area contributed by atoms with E-state index in [0.717, 1.165) is 0 Å². The summed E-state index contributed by atoms with van der Waals surface area (Å²) < 4.78 is 0. The smallest absolute Gasteiger partial charge is 0.337 e. The van der Waals surface area contributed by atoms with Crippen LogP contribution in [0.4, 0.5) is 0 Å². The average Bonchev–Trinajstić information content (AvgIpc) is 2.00. The highest BCUT2D eigenvalue weighted by atomic mass is 35.5. The van der Waals surface area contributed by atoms with E-state index in [-0.39, 0.29) is 15.6 Å². The first-order valence-corrected chi connectivity index (χ1v) is 3.70. The van der Waals surface area contributed by atoms with Crippen LogP contribution in [0.2, 0.25) is 10.0 Å². The van der Waals surface area contributed by atoms with Gasteiger partial charge in [0, 0.05) is 0 Å². The fourth-order valence-electron chi connectivity index (χ4n) is 0.706. The lowest BCUT2D eigenvalue weighted by Gasteiger charge is -2.01. The molecule has 0 aliphatic carbocycles. The summed E-state index contributed by atoms with van der Waals surface area (Å²) >= 11 is 10.9.